The van der Waals surface area contributed by atoms with Gasteiger partial charge in [-0.2, -0.15) is 15.5 Å². The third-order valence-corrected chi connectivity index (χ3v) is 2.76. The molecule has 20 heavy (non-hydrogen) atoms. The lowest BCUT2D eigenvalue weighted by Gasteiger charge is -2.08. The molecular formula is C14H12N6. The molecule has 0 unspecified atom stereocenters. The van der Waals surface area contributed by atoms with Gasteiger partial charge in [-0.05, 0) is 24.6 Å². The van der Waals surface area contributed by atoms with Crippen molar-refractivity contribution in [1.82, 2.24) is 9.97 Å². The number of rotatable bonds is 3. The van der Waals surface area contributed by atoms with Crippen LogP contribution in [0.3, 0.4) is 0 Å². The average Bonchev–Trinajstić information content (AvgIpc) is 2.49. The van der Waals surface area contributed by atoms with Gasteiger partial charge in [-0.15, -0.1) is 0 Å². The topological polar surface area (TPSA) is 97.4 Å². The molecule has 0 bridgehead atoms. The second kappa shape index (κ2) is 5.68. The van der Waals surface area contributed by atoms with Crippen molar-refractivity contribution in [1.29, 1.82) is 10.5 Å². The zero-order chi connectivity index (χ0) is 14.5. The van der Waals surface area contributed by atoms with Crippen LogP contribution >= 0.6 is 0 Å². The van der Waals surface area contributed by atoms with Gasteiger partial charge in [0.15, 0.2) is 0 Å². The Morgan fingerprint density at radius 3 is 2.55 bits per heavy atom. The first-order valence-electron chi connectivity index (χ1n) is 5.90. The number of anilines is 3. The van der Waals surface area contributed by atoms with E-state index in [9.17, 15) is 0 Å². The van der Waals surface area contributed by atoms with Crippen LogP contribution < -0.4 is 10.6 Å². The molecule has 2 aromatic rings. The SMILES string of the molecule is CNc1nc(Nc2ccc(C)c(C#N)c2)ncc1C#N. The summed E-state index contributed by atoms with van der Waals surface area (Å²) in [5.41, 5.74) is 2.60. The summed E-state index contributed by atoms with van der Waals surface area (Å²) in [7, 11) is 1.69. The number of nitrogens with one attached hydrogen (secondary N) is 2. The number of hydrogen-bond donors (Lipinski definition) is 2. The van der Waals surface area contributed by atoms with Crippen molar-refractivity contribution in [2.75, 3.05) is 17.7 Å². The molecule has 0 spiro atoms. The highest BCUT2D eigenvalue weighted by Gasteiger charge is 2.06. The normalized spacial score (nSPS) is 9.40. The predicted octanol–water partition coefficient (Wildman–Crippen LogP) is 2.31. The predicted molar refractivity (Wildman–Crippen MR) is 75.5 cm³/mol. The number of aryl methyl sites for hydroxylation is 1. The van der Waals surface area contributed by atoms with Gasteiger partial charge in [-0.1, -0.05) is 6.07 Å². The molecule has 6 heteroatoms. The van der Waals surface area contributed by atoms with Crippen LogP contribution in [-0.4, -0.2) is 17.0 Å². The summed E-state index contributed by atoms with van der Waals surface area (Å²) in [5, 5.41) is 23.8. The van der Waals surface area contributed by atoms with Crippen LogP contribution in [0, 0.1) is 29.6 Å². The van der Waals surface area contributed by atoms with Gasteiger partial charge in [0, 0.05) is 12.7 Å². The number of hydrogen-bond acceptors (Lipinski definition) is 6. The molecule has 98 valence electrons. The van der Waals surface area contributed by atoms with E-state index < -0.39 is 0 Å². The minimum atomic E-state index is 0.362. The van der Waals surface area contributed by atoms with Crippen molar-refractivity contribution >= 4 is 17.5 Å². The van der Waals surface area contributed by atoms with E-state index in [0.29, 0.717) is 22.9 Å². The quantitative estimate of drug-likeness (QED) is 0.882. The lowest BCUT2D eigenvalue weighted by Crippen LogP contribution is -2.03. The van der Waals surface area contributed by atoms with Gasteiger partial charge in [-0.25, -0.2) is 4.98 Å². The Labute approximate surface area is 116 Å². The van der Waals surface area contributed by atoms with Gasteiger partial charge in [0.2, 0.25) is 5.95 Å². The second-order valence-electron chi connectivity index (χ2n) is 4.08. The van der Waals surface area contributed by atoms with Crippen molar-refractivity contribution in [2.45, 2.75) is 6.92 Å². The van der Waals surface area contributed by atoms with Crippen molar-refractivity contribution in [2.24, 2.45) is 0 Å². The van der Waals surface area contributed by atoms with Crippen LogP contribution in [0.15, 0.2) is 24.4 Å². The van der Waals surface area contributed by atoms with Crippen molar-refractivity contribution in [3.05, 3.63) is 41.1 Å². The van der Waals surface area contributed by atoms with Gasteiger partial charge < -0.3 is 10.6 Å². The standard InChI is InChI=1S/C14H12N6/c1-9-3-4-12(5-10(9)6-15)19-14-18-8-11(7-16)13(17-2)20-14/h3-5,8H,1-2H3,(H2,17,18,19,20). The van der Waals surface area contributed by atoms with Crippen LogP contribution in [0.2, 0.25) is 0 Å². The molecule has 0 fully saturated rings. The van der Waals surface area contributed by atoms with Crippen molar-refractivity contribution < 1.29 is 0 Å². The summed E-state index contributed by atoms with van der Waals surface area (Å²) >= 11 is 0. The minimum Gasteiger partial charge on any atom is -0.372 e. The Bertz CT molecular complexity index is 723. The van der Waals surface area contributed by atoms with E-state index in [4.69, 9.17) is 10.5 Å². The maximum atomic E-state index is 9.00. The number of aromatic nitrogens is 2. The molecule has 0 aliphatic carbocycles. The fraction of sp³-hybridized carbons (Fsp3) is 0.143. The van der Waals surface area contributed by atoms with E-state index in [0.717, 1.165) is 11.3 Å². The molecule has 0 radical (unpaired) electrons. The summed E-state index contributed by atoms with van der Waals surface area (Å²) in [6.07, 6.45) is 1.45. The molecular weight excluding hydrogens is 252 g/mol. The summed E-state index contributed by atoms with van der Waals surface area (Å²) in [4.78, 5) is 8.26. The summed E-state index contributed by atoms with van der Waals surface area (Å²) in [6, 6.07) is 9.56. The maximum Gasteiger partial charge on any atom is 0.229 e. The molecule has 0 amide bonds. The van der Waals surface area contributed by atoms with E-state index in [2.05, 4.69) is 26.7 Å². The molecule has 0 aliphatic rings. The zero-order valence-corrected chi connectivity index (χ0v) is 11.1. The Balaban J connectivity index is 2.31. The highest BCUT2D eigenvalue weighted by molar-refractivity contribution is 5.60. The molecule has 0 atom stereocenters. The van der Waals surface area contributed by atoms with Crippen LogP contribution in [-0.2, 0) is 0 Å². The van der Waals surface area contributed by atoms with Crippen LogP contribution in [0.1, 0.15) is 16.7 Å². The van der Waals surface area contributed by atoms with E-state index in [1.54, 1.807) is 13.1 Å². The lowest BCUT2D eigenvalue weighted by atomic mass is 10.1. The van der Waals surface area contributed by atoms with E-state index in [1.807, 2.05) is 25.1 Å². The number of nitrogens with zero attached hydrogens (tertiary/aromatic N) is 4. The highest BCUT2D eigenvalue weighted by Crippen LogP contribution is 2.19. The van der Waals surface area contributed by atoms with Crippen LogP contribution in [0.25, 0.3) is 0 Å². The van der Waals surface area contributed by atoms with Gasteiger partial charge in [0.25, 0.3) is 0 Å². The smallest absolute Gasteiger partial charge is 0.229 e. The molecule has 1 heterocycles. The molecule has 1 aromatic heterocycles. The third kappa shape index (κ3) is 2.65. The number of benzene rings is 1. The number of nitriles is 2. The van der Waals surface area contributed by atoms with Crippen molar-refractivity contribution in [3.8, 4) is 12.1 Å². The average molecular weight is 264 g/mol. The Kier molecular flexibility index (Phi) is 3.78. The first-order valence-corrected chi connectivity index (χ1v) is 5.90. The fourth-order valence-corrected chi connectivity index (χ4v) is 1.66. The first-order chi connectivity index (χ1) is 9.67. The summed E-state index contributed by atoms with van der Waals surface area (Å²) in [6.45, 7) is 1.87. The molecule has 0 saturated heterocycles. The monoisotopic (exact) mass is 264 g/mol. The summed E-state index contributed by atoms with van der Waals surface area (Å²) in [5.74, 6) is 0.818. The zero-order valence-electron chi connectivity index (χ0n) is 11.1. The van der Waals surface area contributed by atoms with E-state index in [1.165, 1.54) is 6.20 Å². The Morgan fingerprint density at radius 1 is 1.15 bits per heavy atom. The molecule has 6 nitrogen and oxygen atoms in total. The van der Waals surface area contributed by atoms with Crippen LogP contribution in [0.5, 0.6) is 0 Å². The van der Waals surface area contributed by atoms with Gasteiger partial charge >= 0.3 is 0 Å². The van der Waals surface area contributed by atoms with Crippen molar-refractivity contribution in [3.63, 3.8) is 0 Å². The molecule has 1 aromatic carbocycles. The maximum absolute atomic E-state index is 9.00. The molecule has 2 N–H and O–H groups in total. The van der Waals surface area contributed by atoms with Gasteiger partial charge in [0.1, 0.15) is 17.5 Å². The second-order valence-corrected chi connectivity index (χ2v) is 4.08. The van der Waals surface area contributed by atoms with E-state index in [-0.39, 0.29) is 0 Å². The molecule has 2 rings (SSSR count). The van der Waals surface area contributed by atoms with Gasteiger partial charge in [-0.3, -0.25) is 0 Å². The minimum absolute atomic E-state index is 0.362. The van der Waals surface area contributed by atoms with Gasteiger partial charge in [0.05, 0.1) is 17.8 Å². The fourth-order valence-electron chi connectivity index (χ4n) is 1.66. The molecule has 0 saturated carbocycles. The first kappa shape index (κ1) is 13.3. The Hall–Kier alpha value is -3.12. The van der Waals surface area contributed by atoms with Crippen LogP contribution in [0.4, 0.5) is 17.5 Å². The summed E-state index contributed by atoms with van der Waals surface area (Å²) < 4.78 is 0. The largest absolute Gasteiger partial charge is 0.372 e. The third-order valence-electron chi connectivity index (χ3n) is 2.76. The van der Waals surface area contributed by atoms with E-state index >= 15 is 0 Å². The Morgan fingerprint density at radius 2 is 1.90 bits per heavy atom. The molecule has 0 aliphatic heterocycles. The highest BCUT2D eigenvalue weighted by atomic mass is 15.1. The lowest BCUT2D eigenvalue weighted by molar-refractivity contribution is 1.14.